The lowest BCUT2D eigenvalue weighted by Gasteiger charge is -2.20. The van der Waals surface area contributed by atoms with Gasteiger partial charge in [-0.15, -0.1) is 0 Å². The van der Waals surface area contributed by atoms with Crippen LogP contribution in [-0.4, -0.2) is 29.2 Å². The van der Waals surface area contributed by atoms with E-state index in [1.165, 1.54) is 13.0 Å². The van der Waals surface area contributed by atoms with Gasteiger partial charge < -0.3 is 14.8 Å². The molecule has 22 heavy (non-hydrogen) atoms. The highest BCUT2D eigenvalue weighted by Crippen LogP contribution is 2.28. The molecule has 0 atom stereocenters. The molecule has 0 bridgehead atoms. The molecule has 0 aromatic carbocycles. The number of anilines is 2. The molecule has 2 amide bonds. The first-order valence-electron chi connectivity index (χ1n) is 6.29. The smallest absolute Gasteiger partial charge is 0.412 e. The summed E-state index contributed by atoms with van der Waals surface area (Å²) in [6, 6.07) is 1.18. The van der Waals surface area contributed by atoms with Crippen molar-refractivity contribution in [1.29, 1.82) is 0 Å². The molecule has 1 heterocycles. The first-order chi connectivity index (χ1) is 10.1. The molecule has 0 saturated carbocycles. The zero-order chi connectivity index (χ0) is 16.9. The van der Waals surface area contributed by atoms with E-state index in [2.05, 4.69) is 20.4 Å². The summed E-state index contributed by atoms with van der Waals surface area (Å²) < 4.78 is 34.0. The number of amides is 2. The predicted octanol–water partition coefficient (Wildman–Crippen LogP) is 2.99. The molecule has 0 radical (unpaired) electrons. The Labute approximate surface area is 126 Å². The van der Waals surface area contributed by atoms with Crippen molar-refractivity contribution < 1.29 is 27.8 Å². The number of nitrogens with one attached hydrogen (secondary N) is 2. The first kappa shape index (κ1) is 17.6. The lowest BCUT2D eigenvalue weighted by molar-refractivity contribution is -0.114. The fraction of sp³-hybridized carbons (Fsp3) is 0.462. The Morgan fingerprint density at radius 3 is 2.41 bits per heavy atom. The summed E-state index contributed by atoms with van der Waals surface area (Å²) in [5.74, 6) is -0.687. The van der Waals surface area contributed by atoms with Crippen LogP contribution in [0.15, 0.2) is 12.3 Å². The Bertz CT molecular complexity index is 559. The van der Waals surface area contributed by atoms with Crippen molar-refractivity contribution in [2.45, 2.75) is 39.9 Å². The molecule has 122 valence electrons. The molecular formula is C13H17F2N3O4. The summed E-state index contributed by atoms with van der Waals surface area (Å²) in [5.41, 5.74) is -0.866. The molecule has 0 aliphatic carbocycles. The molecule has 7 nitrogen and oxygen atoms in total. The van der Waals surface area contributed by atoms with Gasteiger partial charge in [0.25, 0.3) is 0 Å². The van der Waals surface area contributed by atoms with Crippen LogP contribution in [0.3, 0.4) is 0 Å². The molecule has 1 rings (SSSR count). The Balaban J connectivity index is 3.00. The number of ether oxygens (including phenoxy) is 2. The minimum atomic E-state index is -3.09. The number of hydrogen-bond acceptors (Lipinski definition) is 5. The summed E-state index contributed by atoms with van der Waals surface area (Å²) in [6.07, 6.45) is 0.107. The molecule has 0 aliphatic heterocycles. The van der Waals surface area contributed by atoms with E-state index in [1.54, 1.807) is 20.8 Å². The second-order valence-electron chi connectivity index (χ2n) is 5.25. The molecular weight excluding hydrogens is 300 g/mol. The highest BCUT2D eigenvalue weighted by atomic mass is 19.3. The van der Waals surface area contributed by atoms with Crippen molar-refractivity contribution in [3.8, 4) is 5.75 Å². The van der Waals surface area contributed by atoms with Crippen molar-refractivity contribution in [2.75, 3.05) is 10.6 Å². The van der Waals surface area contributed by atoms with Gasteiger partial charge in [-0.1, -0.05) is 0 Å². The van der Waals surface area contributed by atoms with Crippen molar-refractivity contribution in [1.82, 2.24) is 4.98 Å². The minimum Gasteiger partial charge on any atom is -0.444 e. The highest BCUT2D eigenvalue weighted by Gasteiger charge is 2.19. The lowest BCUT2D eigenvalue weighted by atomic mass is 10.2. The maximum absolute atomic E-state index is 12.4. The SMILES string of the molecule is CC(=O)Nc1cc(NC(=O)OC(C)(C)C)c(OC(F)F)cn1. The largest absolute Gasteiger partial charge is 0.444 e. The number of hydrogen-bond donors (Lipinski definition) is 2. The van der Waals surface area contributed by atoms with E-state index < -0.39 is 24.2 Å². The molecule has 0 unspecified atom stereocenters. The van der Waals surface area contributed by atoms with Gasteiger partial charge in [-0.2, -0.15) is 8.78 Å². The number of pyridine rings is 1. The summed E-state index contributed by atoms with van der Waals surface area (Å²) in [7, 11) is 0. The van der Waals surface area contributed by atoms with Gasteiger partial charge in [-0.25, -0.2) is 9.78 Å². The van der Waals surface area contributed by atoms with Crippen LogP contribution >= 0.6 is 0 Å². The fourth-order valence-corrected chi connectivity index (χ4v) is 1.39. The quantitative estimate of drug-likeness (QED) is 0.891. The van der Waals surface area contributed by atoms with Crippen molar-refractivity contribution in [3.05, 3.63) is 12.3 Å². The average Bonchev–Trinajstić information content (AvgIpc) is 2.28. The van der Waals surface area contributed by atoms with Gasteiger partial charge in [-0.05, 0) is 20.8 Å². The maximum atomic E-state index is 12.4. The zero-order valence-electron chi connectivity index (χ0n) is 12.6. The zero-order valence-corrected chi connectivity index (χ0v) is 12.6. The van der Waals surface area contributed by atoms with Crippen LogP contribution in [0.1, 0.15) is 27.7 Å². The third kappa shape index (κ3) is 6.33. The molecule has 1 aromatic heterocycles. The number of nitrogens with zero attached hydrogens (tertiary/aromatic N) is 1. The number of halogens is 2. The van der Waals surface area contributed by atoms with E-state index >= 15 is 0 Å². The van der Waals surface area contributed by atoms with Crippen LogP contribution in [0.25, 0.3) is 0 Å². The second kappa shape index (κ2) is 7.01. The average molecular weight is 317 g/mol. The topological polar surface area (TPSA) is 89.6 Å². The number of carbonyl (C=O) groups is 2. The Morgan fingerprint density at radius 1 is 1.27 bits per heavy atom. The molecule has 0 aliphatic rings. The van der Waals surface area contributed by atoms with Crippen LogP contribution in [0.2, 0.25) is 0 Å². The summed E-state index contributed by atoms with van der Waals surface area (Å²) in [6.45, 7) is 3.12. The van der Waals surface area contributed by atoms with E-state index in [9.17, 15) is 18.4 Å². The van der Waals surface area contributed by atoms with Crippen LogP contribution in [0.4, 0.5) is 25.1 Å². The number of rotatable bonds is 4. The maximum Gasteiger partial charge on any atom is 0.412 e. The molecule has 0 spiro atoms. The Hall–Kier alpha value is -2.45. The third-order valence-corrected chi connectivity index (χ3v) is 2.02. The van der Waals surface area contributed by atoms with E-state index in [0.29, 0.717) is 0 Å². The van der Waals surface area contributed by atoms with E-state index in [-0.39, 0.29) is 17.3 Å². The van der Waals surface area contributed by atoms with Crippen molar-refractivity contribution >= 4 is 23.5 Å². The number of alkyl halides is 2. The lowest BCUT2D eigenvalue weighted by Crippen LogP contribution is -2.27. The molecule has 9 heteroatoms. The number of aromatic nitrogens is 1. The van der Waals surface area contributed by atoms with Crippen molar-refractivity contribution in [3.63, 3.8) is 0 Å². The van der Waals surface area contributed by atoms with Gasteiger partial charge >= 0.3 is 12.7 Å². The van der Waals surface area contributed by atoms with Crippen LogP contribution in [0, 0.1) is 0 Å². The summed E-state index contributed by atoms with van der Waals surface area (Å²) in [5, 5.41) is 4.64. The van der Waals surface area contributed by atoms with Gasteiger partial charge in [-0.3, -0.25) is 10.1 Å². The van der Waals surface area contributed by atoms with Gasteiger partial charge in [0.05, 0.1) is 11.9 Å². The van der Waals surface area contributed by atoms with Crippen LogP contribution < -0.4 is 15.4 Å². The van der Waals surface area contributed by atoms with Gasteiger partial charge in [0, 0.05) is 13.0 Å². The first-order valence-corrected chi connectivity index (χ1v) is 6.29. The van der Waals surface area contributed by atoms with Crippen LogP contribution in [-0.2, 0) is 9.53 Å². The molecule has 2 N–H and O–H groups in total. The number of carbonyl (C=O) groups excluding carboxylic acids is 2. The van der Waals surface area contributed by atoms with Gasteiger partial charge in [0.2, 0.25) is 5.91 Å². The fourth-order valence-electron chi connectivity index (χ4n) is 1.39. The standard InChI is InChI=1S/C13H17F2N3O4/c1-7(19)17-10-5-8(9(6-16-10)21-11(14)15)18-12(20)22-13(2,3)4/h5-6,11H,1-4H3,(H2,16,17,18,19,20). The Kier molecular flexibility index (Phi) is 5.61. The highest BCUT2D eigenvalue weighted by molar-refractivity contribution is 5.91. The third-order valence-electron chi connectivity index (χ3n) is 2.02. The van der Waals surface area contributed by atoms with Gasteiger partial charge in [0.1, 0.15) is 11.4 Å². The molecule has 1 aromatic rings. The Morgan fingerprint density at radius 2 is 1.91 bits per heavy atom. The minimum absolute atomic E-state index is 0.0696. The van der Waals surface area contributed by atoms with E-state index in [4.69, 9.17) is 4.74 Å². The van der Waals surface area contributed by atoms with Crippen molar-refractivity contribution in [2.24, 2.45) is 0 Å². The summed E-state index contributed by atoms with van der Waals surface area (Å²) in [4.78, 5) is 26.4. The normalized spacial score (nSPS) is 11.0. The monoisotopic (exact) mass is 317 g/mol. The van der Waals surface area contributed by atoms with Crippen LogP contribution in [0.5, 0.6) is 5.75 Å². The van der Waals surface area contributed by atoms with E-state index in [0.717, 1.165) is 6.20 Å². The predicted molar refractivity (Wildman–Crippen MR) is 75.0 cm³/mol. The second-order valence-corrected chi connectivity index (χ2v) is 5.25. The molecule has 0 fully saturated rings. The van der Waals surface area contributed by atoms with Gasteiger partial charge in [0.15, 0.2) is 5.75 Å². The molecule has 0 saturated heterocycles. The van der Waals surface area contributed by atoms with E-state index in [1.807, 2.05) is 0 Å². The summed E-state index contributed by atoms with van der Waals surface area (Å²) >= 11 is 0.